The van der Waals surface area contributed by atoms with E-state index in [1.165, 1.54) is 4.52 Å². The lowest BCUT2D eigenvalue weighted by Gasteiger charge is -2.15. The molecule has 4 aromatic rings. The molecule has 0 N–H and O–H groups in total. The van der Waals surface area contributed by atoms with Crippen molar-refractivity contribution in [3.05, 3.63) is 52.5 Å². The summed E-state index contributed by atoms with van der Waals surface area (Å²) in [5.41, 5.74) is 1.97. The Balaban J connectivity index is 1.51. The average molecular weight is 356 g/mol. The fourth-order valence-electron chi connectivity index (χ4n) is 2.30. The second kappa shape index (κ2) is 6.10. The summed E-state index contributed by atoms with van der Waals surface area (Å²) in [5, 5.41) is 16.2. The van der Waals surface area contributed by atoms with E-state index in [1.807, 2.05) is 22.9 Å². The zero-order valence-electron chi connectivity index (χ0n) is 12.7. The van der Waals surface area contributed by atoms with E-state index in [0.717, 1.165) is 15.6 Å². The van der Waals surface area contributed by atoms with E-state index in [-0.39, 0.29) is 5.91 Å². The molecular weight excluding hydrogens is 344 g/mol. The largest absolute Gasteiger partial charge is 0.336 e. The molecule has 0 aromatic carbocycles. The van der Waals surface area contributed by atoms with Crippen molar-refractivity contribution in [2.24, 2.45) is 0 Å². The molecule has 1 amide bonds. The number of fused-ring (bicyclic) bond motifs is 1. The SMILES string of the molecule is CN(Cc1csc(-c2cccs2)n1)C(=O)c1ccn2nnnc2c1. The number of aromatic nitrogens is 5. The molecule has 9 heteroatoms. The van der Waals surface area contributed by atoms with E-state index in [2.05, 4.69) is 20.5 Å². The third-order valence-corrected chi connectivity index (χ3v) is 5.40. The predicted octanol–water partition coefficient (Wildman–Crippen LogP) is 2.58. The van der Waals surface area contributed by atoms with Gasteiger partial charge in [0, 0.05) is 24.2 Å². The van der Waals surface area contributed by atoms with Crippen LogP contribution in [0.3, 0.4) is 0 Å². The Labute approximate surface area is 145 Å². The van der Waals surface area contributed by atoms with Crippen LogP contribution in [0.4, 0.5) is 0 Å². The number of thiazole rings is 1. The molecule has 0 radical (unpaired) electrons. The molecule has 0 aliphatic carbocycles. The van der Waals surface area contributed by atoms with Gasteiger partial charge in [0.25, 0.3) is 5.91 Å². The number of rotatable bonds is 4. The molecule has 0 atom stereocenters. The Morgan fingerprint density at radius 3 is 3.08 bits per heavy atom. The number of tetrazole rings is 1. The maximum Gasteiger partial charge on any atom is 0.254 e. The quantitative estimate of drug-likeness (QED) is 0.562. The molecule has 120 valence electrons. The van der Waals surface area contributed by atoms with Crippen LogP contribution in [0.25, 0.3) is 15.5 Å². The molecule has 0 aliphatic heterocycles. The smallest absolute Gasteiger partial charge is 0.254 e. The lowest BCUT2D eigenvalue weighted by atomic mass is 10.2. The van der Waals surface area contributed by atoms with E-state index in [4.69, 9.17) is 0 Å². The lowest BCUT2D eigenvalue weighted by molar-refractivity contribution is 0.0783. The van der Waals surface area contributed by atoms with Crippen LogP contribution in [0.15, 0.2) is 41.2 Å². The first-order chi connectivity index (χ1) is 11.7. The molecule has 0 saturated heterocycles. The number of hydrogen-bond donors (Lipinski definition) is 0. The van der Waals surface area contributed by atoms with Gasteiger partial charge in [-0.25, -0.2) is 9.50 Å². The summed E-state index contributed by atoms with van der Waals surface area (Å²) in [7, 11) is 1.76. The van der Waals surface area contributed by atoms with Gasteiger partial charge in [-0.1, -0.05) is 6.07 Å². The first kappa shape index (κ1) is 14.9. The Hall–Kier alpha value is -2.65. The fourth-order valence-corrected chi connectivity index (χ4v) is 3.93. The summed E-state index contributed by atoms with van der Waals surface area (Å²) in [5.74, 6) is -0.0915. The van der Waals surface area contributed by atoms with E-state index in [9.17, 15) is 4.79 Å². The maximum absolute atomic E-state index is 12.6. The van der Waals surface area contributed by atoms with Crippen LogP contribution < -0.4 is 0 Å². The van der Waals surface area contributed by atoms with Crippen LogP contribution in [-0.4, -0.2) is 42.9 Å². The molecule has 0 aliphatic rings. The Kier molecular flexibility index (Phi) is 3.79. The number of hydrogen-bond acceptors (Lipinski definition) is 7. The van der Waals surface area contributed by atoms with Crippen LogP contribution in [0.2, 0.25) is 0 Å². The fraction of sp³-hybridized carbons (Fsp3) is 0.133. The molecule has 0 unspecified atom stereocenters. The van der Waals surface area contributed by atoms with Crippen molar-refractivity contribution >= 4 is 34.2 Å². The van der Waals surface area contributed by atoms with Crippen molar-refractivity contribution in [1.29, 1.82) is 0 Å². The second-order valence-electron chi connectivity index (χ2n) is 5.18. The maximum atomic E-state index is 12.6. The van der Waals surface area contributed by atoms with Gasteiger partial charge in [-0.15, -0.1) is 27.8 Å². The van der Waals surface area contributed by atoms with E-state index in [0.29, 0.717) is 17.8 Å². The van der Waals surface area contributed by atoms with E-state index < -0.39 is 0 Å². The Morgan fingerprint density at radius 2 is 2.25 bits per heavy atom. The van der Waals surface area contributed by atoms with E-state index in [1.54, 1.807) is 53.0 Å². The normalized spacial score (nSPS) is 11.0. The standard InChI is InChI=1S/C15H12N6OS2/c1-20(8-11-9-24-14(16-11)12-3-2-6-23-12)15(22)10-4-5-21-13(7-10)17-18-19-21/h2-7,9H,8H2,1H3. The second-order valence-corrected chi connectivity index (χ2v) is 6.99. The summed E-state index contributed by atoms with van der Waals surface area (Å²) >= 11 is 3.25. The number of carbonyl (C=O) groups is 1. The van der Waals surface area contributed by atoms with Crippen molar-refractivity contribution in [3.8, 4) is 9.88 Å². The van der Waals surface area contributed by atoms with Gasteiger partial charge in [-0.3, -0.25) is 4.79 Å². The molecule has 4 rings (SSSR count). The van der Waals surface area contributed by atoms with E-state index >= 15 is 0 Å². The molecule has 24 heavy (non-hydrogen) atoms. The highest BCUT2D eigenvalue weighted by atomic mass is 32.1. The number of carbonyl (C=O) groups excluding carboxylic acids is 1. The van der Waals surface area contributed by atoms with Crippen LogP contribution in [0, 0.1) is 0 Å². The molecule has 0 fully saturated rings. The third-order valence-electron chi connectivity index (χ3n) is 3.47. The molecule has 0 bridgehead atoms. The van der Waals surface area contributed by atoms with Crippen molar-refractivity contribution in [2.45, 2.75) is 6.54 Å². The van der Waals surface area contributed by atoms with Gasteiger partial charge in [-0.2, -0.15) is 0 Å². The van der Waals surface area contributed by atoms with Crippen molar-refractivity contribution in [3.63, 3.8) is 0 Å². The number of nitrogens with zero attached hydrogens (tertiary/aromatic N) is 6. The van der Waals surface area contributed by atoms with Gasteiger partial charge in [-0.05, 0) is 34.0 Å². The predicted molar refractivity (Wildman–Crippen MR) is 92.0 cm³/mol. The molecule has 4 aromatic heterocycles. The highest BCUT2D eigenvalue weighted by Gasteiger charge is 2.15. The molecule has 0 spiro atoms. The average Bonchev–Trinajstić information content (AvgIpc) is 3.33. The summed E-state index contributed by atoms with van der Waals surface area (Å²) in [6, 6.07) is 7.44. The zero-order valence-corrected chi connectivity index (χ0v) is 14.3. The summed E-state index contributed by atoms with van der Waals surface area (Å²) < 4.78 is 1.52. The minimum Gasteiger partial charge on any atom is -0.336 e. The van der Waals surface area contributed by atoms with Crippen molar-refractivity contribution < 1.29 is 4.79 Å². The van der Waals surface area contributed by atoms with Gasteiger partial charge >= 0.3 is 0 Å². The molecular formula is C15H12N6OS2. The third kappa shape index (κ3) is 2.79. The van der Waals surface area contributed by atoms with Gasteiger partial charge < -0.3 is 4.90 Å². The zero-order chi connectivity index (χ0) is 16.5. The lowest BCUT2D eigenvalue weighted by Crippen LogP contribution is -2.26. The highest BCUT2D eigenvalue weighted by Crippen LogP contribution is 2.28. The minimum absolute atomic E-state index is 0.0915. The monoisotopic (exact) mass is 356 g/mol. The van der Waals surface area contributed by atoms with Crippen LogP contribution in [-0.2, 0) is 6.54 Å². The summed E-state index contributed by atoms with van der Waals surface area (Å²) in [6.45, 7) is 0.455. The Morgan fingerprint density at radius 1 is 1.33 bits per heavy atom. The first-order valence-corrected chi connectivity index (χ1v) is 8.88. The van der Waals surface area contributed by atoms with Crippen LogP contribution in [0.5, 0.6) is 0 Å². The van der Waals surface area contributed by atoms with Crippen LogP contribution in [0.1, 0.15) is 16.1 Å². The highest BCUT2D eigenvalue weighted by molar-refractivity contribution is 7.20. The molecule has 4 heterocycles. The van der Waals surface area contributed by atoms with Crippen molar-refractivity contribution in [1.82, 2.24) is 29.9 Å². The van der Waals surface area contributed by atoms with Gasteiger partial charge in [0.1, 0.15) is 5.01 Å². The van der Waals surface area contributed by atoms with Crippen LogP contribution >= 0.6 is 22.7 Å². The summed E-state index contributed by atoms with van der Waals surface area (Å²) in [6.07, 6.45) is 1.67. The Bertz CT molecular complexity index is 990. The van der Waals surface area contributed by atoms with Crippen molar-refractivity contribution in [2.75, 3.05) is 7.05 Å². The minimum atomic E-state index is -0.0915. The molecule has 0 saturated carbocycles. The van der Waals surface area contributed by atoms with Gasteiger partial charge in [0.05, 0.1) is 17.1 Å². The van der Waals surface area contributed by atoms with Gasteiger partial charge in [0.2, 0.25) is 0 Å². The number of thiophene rings is 1. The van der Waals surface area contributed by atoms with Gasteiger partial charge in [0.15, 0.2) is 5.65 Å². The first-order valence-electron chi connectivity index (χ1n) is 7.12. The topological polar surface area (TPSA) is 76.3 Å². The number of amides is 1. The number of pyridine rings is 1. The molecule has 7 nitrogen and oxygen atoms in total. The summed E-state index contributed by atoms with van der Waals surface area (Å²) in [4.78, 5) is 20.0.